The molecule has 1 N–H and O–H groups in total. The van der Waals surface area contributed by atoms with Gasteiger partial charge in [-0.25, -0.2) is 13.8 Å². The van der Waals surface area contributed by atoms with Gasteiger partial charge in [-0.3, -0.25) is 0 Å². The molecule has 1 aromatic carbocycles. The van der Waals surface area contributed by atoms with Crippen LogP contribution in [-0.2, 0) is 6.54 Å². The minimum atomic E-state index is -0.563. The molecule has 0 atom stereocenters. The molecule has 0 amide bonds. The standard InChI is InChI=1S/C13H15F2N3S2/c1-8(2)5-16-6-9-3-10(14)12(11(15)4-9)19-13-17-7-18-20-13/h3-4,7-8,16H,5-6H2,1-2H3. The van der Waals surface area contributed by atoms with Gasteiger partial charge in [-0.2, -0.15) is 4.37 Å². The SMILES string of the molecule is CC(C)CNCc1cc(F)c(Sc2ncns2)c(F)c1. The van der Waals surface area contributed by atoms with Crippen LogP contribution in [0.2, 0.25) is 0 Å². The summed E-state index contributed by atoms with van der Waals surface area (Å²) >= 11 is 2.07. The van der Waals surface area contributed by atoms with Gasteiger partial charge in [0, 0.05) is 6.54 Å². The molecule has 0 fully saturated rings. The topological polar surface area (TPSA) is 37.8 Å². The van der Waals surface area contributed by atoms with Crippen LogP contribution in [0.5, 0.6) is 0 Å². The van der Waals surface area contributed by atoms with E-state index in [1.54, 1.807) is 0 Å². The van der Waals surface area contributed by atoms with Gasteiger partial charge >= 0.3 is 0 Å². The van der Waals surface area contributed by atoms with E-state index in [0.717, 1.165) is 29.8 Å². The highest BCUT2D eigenvalue weighted by atomic mass is 32.2. The lowest BCUT2D eigenvalue weighted by atomic mass is 10.2. The van der Waals surface area contributed by atoms with E-state index in [1.165, 1.54) is 18.5 Å². The summed E-state index contributed by atoms with van der Waals surface area (Å²) in [6.07, 6.45) is 1.37. The summed E-state index contributed by atoms with van der Waals surface area (Å²) in [5.41, 5.74) is 0.599. The smallest absolute Gasteiger partial charge is 0.174 e. The molecule has 7 heteroatoms. The molecule has 2 aromatic rings. The molecule has 0 aliphatic heterocycles. The Hall–Kier alpha value is -1.05. The normalized spacial score (nSPS) is 11.2. The van der Waals surface area contributed by atoms with Crippen molar-refractivity contribution in [3.63, 3.8) is 0 Å². The van der Waals surface area contributed by atoms with E-state index < -0.39 is 11.6 Å². The molecule has 0 radical (unpaired) electrons. The van der Waals surface area contributed by atoms with Gasteiger partial charge in [0.2, 0.25) is 0 Å². The number of halogens is 2. The van der Waals surface area contributed by atoms with Gasteiger partial charge < -0.3 is 5.32 Å². The van der Waals surface area contributed by atoms with E-state index in [4.69, 9.17) is 0 Å². The lowest BCUT2D eigenvalue weighted by molar-refractivity contribution is 0.525. The van der Waals surface area contributed by atoms with Crippen molar-refractivity contribution < 1.29 is 8.78 Å². The van der Waals surface area contributed by atoms with Crippen LogP contribution in [0.3, 0.4) is 0 Å². The van der Waals surface area contributed by atoms with Gasteiger partial charge in [0.25, 0.3) is 0 Å². The number of hydrogen-bond donors (Lipinski definition) is 1. The Bertz CT molecular complexity index is 536. The van der Waals surface area contributed by atoms with Gasteiger partial charge in [0.15, 0.2) is 4.34 Å². The fraction of sp³-hybridized carbons (Fsp3) is 0.385. The summed E-state index contributed by atoms with van der Waals surface area (Å²) in [7, 11) is 0. The number of nitrogens with zero attached hydrogens (tertiary/aromatic N) is 2. The van der Waals surface area contributed by atoms with Crippen LogP contribution in [0.4, 0.5) is 8.78 Å². The van der Waals surface area contributed by atoms with E-state index in [0.29, 0.717) is 22.4 Å². The van der Waals surface area contributed by atoms with Crippen molar-refractivity contribution in [2.75, 3.05) is 6.54 Å². The second-order valence-corrected chi connectivity index (χ2v) is 6.76. The lowest BCUT2D eigenvalue weighted by Gasteiger charge is -2.09. The number of hydrogen-bond acceptors (Lipinski definition) is 5. The third-order valence-electron chi connectivity index (χ3n) is 2.47. The first-order valence-electron chi connectivity index (χ1n) is 6.19. The van der Waals surface area contributed by atoms with Gasteiger partial charge in [-0.15, -0.1) is 0 Å². The predicted molar refractivity (Wildman–Crippen MR) is 76.9 cm³/mol. The van der Waals surface area contributed by atoms with Crippen LogP contribution in [0.1, 0.15) is 19.4 Å². The highest BCUT2D eigenvalue weighted by molar-refractivity contribution is 8.01. The average molecular weight is 315 g/mol. The first-order valence-corrected chi connectivity index (χ1v) is 7.78. The minimum Gasteiger partial charge on any atom is -0.312 e. The molecule has 0 saturated heterocycles. The van der Waals surface area contributed by atoms with Crippen LogP contribution < -0.4 is 5.32 Å². The maximum absolute atomic E-state index is 14.0. The molecular formula is C13H15F2N3S2. The number of nitrogens with one attached hydrogen (secondary N) is 1. The third-order valence-corrected chi connectivity index (χ3v) is 4.28. The van der Waals surface area contributed by atoms with Crippen LogP contribution in [0.25, 0.3) is 0 Å². The number of rotatable bonds is 6. The average Bonchev–Trinajstić information content (AvgIpc) is 2.86. The summed E-state index contributed by atoms with van der Waals surface area (Å²) in [5, 5.41) is 3.16. The fourth-order valence-corrected chi connectivity index (χ4v) is 3.01. The second-order valence-electron chi connectivity index (χ2n) is 4.72. The molecule has 1 heterocycles. The zero-order valence-electron chi connectivity index (χ0n) is 11.2. The third kappa shape index (κ3) is 4.22. The molecule has 108 valence electrons. The highest BCUT2D eigenvalue weighted by Gasteiger charge is 2.14. The Labute approximate surface area is 125 Å². The summed E-state index contributed by atoms with van der Waals surface area (Å²) in [6.45, 7) is 5.42. The number of benzene rings is 1. The van der Waals surface area contributed by atoms with Gasteiger partial charge in [0.05, 0.1) is 4.90 Å². The summed E-state index contributed by atoms with van der Waals surface area (Å²) in [6, 6.07) is 2.72. The van der Waals surface area contributed by atoms with Crippen LogP contribution in [-0.4, -0.2) is 15.9 Å². The van der Waals surface area contributed by atoms with Crippen molar-refractivity contribution in [3.8, 4) is 0 Å². The Balaban J connectivity index is 2.08. The molecule has 3 nitrogen and oxygen atoms in total. The molecule has 0 saturated carbocycles. The van der Waals surface area contributed by atoms with E-state index >= 15 is 0 Å². The molecule has 20 heavy (non-hydrogen) atoms. The zero-order chi connectivity index (χ0) is 14.5. The highest BCUT2D eigenvalue weighted by Crippen LogP contribution is 2.33. The fourth-order valence-electron chi connectivity index (χ4n) is 1.61. The zero-order valence-corrected chi connectivity index (χ0v) is 12.8. The van der Waals surface area contributed by atoms with E-state index in [9.17, 15) is 8.78 Å². The molecule has 0 bridgehead atoms. The van der Waals surface area contributed by atoms with Crippen molar-refractivity contribution in [1.82, 2.24) is 14.7 Å². The molecule has 2 rings (SSSR count). The predicted octanol–water partition coefficient (Wildman–Crippen LogP) is 3.71. The quantitative estimate of drug-likeness (QED) is 0.882. The summed E-state index contributed by atoms with van der Waals surface area (Å²) in [5.74, 6) is -0.630. The molecule has 0 aliphatic carbocycles. The Morgan fingerprint density at radius 3 is 2.55 bits per heavy atom. The molecule has 0 spiro atoms. The first-order chi connectivity index (χ1) is 9.56. The summed E-state index contributed by atoms with van der Waals surface area (Å²) in [4.78, 5) is 3.88. The molecule has 1 aromatic heterocycles. The first kappa shape index (κ1) is 15.3. The largest absolute Gasteiger partial charge is 0.312 e. The summed E-state index contributed by atoms with van der Waals surface area (Å²) < 4.78 is 32.2. The van der Waals surface area contributed by atoms with Crippen LogP contribution in [0, 0.1) is 17.6 Å². The lowest BCUT2D eigenvalue weighted by Crippen LogP contribution is -2.19. The molecule has 0 unspecified atom stereocenters. The maximum Gasteiger partial charge on any atom is 0.174 e. The van der Waals surface area contributed by atoms with Crippen molar-refractivity contribution >= 4 is 23.3 Å². The van der Waals surface area contributed by atoms with Crippen molar-refractivity contribution in [1.29, 1.82) is 0 Å². The van der Waals surface area contributed by atoms with Gasteiger partial charge in [-0.1, -0.05) is 25.6 Å². The van der Waals surface area contributed by atoms with Crippen molar-refractivity contribution in [2.24, 2.45) is 5.92 Å². The minimum absolute atomic E-state index is 0.0330. The Morgan fingerprint density at radius 1 is 1.30 bits per heavy atom. The van der Waals surface area contributed by atoms with Crippen LogP contribution in [0.15, 0.2) is 27.7 Å². The van der Waals surface area contributed by atoms with Crippen LogP contribution >= 0.6 is 23.3 Å². The van der Waals surface area contributed by atoms with E-state index in [-0.39, 0.29) is 4.90 Å². The molecular weight excluding hydrogens is 300 g/mol. The van der Waals surface area contributed by atoms with E-state index in [1.807, 2.05) is 0 Å². The Kier molecular flexibility index (Phi) is 5.45. The van der Waals surface area contributed by atoms with Gasteiger partial charge in [0.1, 0.15) is 18.0 Å². The molecule has 0 aliphatic rings. The monoisotopic (exact) mass is 315 g/mol. The Morgan fingerprint density at radius 2 is 2.00 bits per heavy atom. The van der Waals surface area contributed by atoms with Crippen molar-refractivity contribution in [3.05, 3.63) is 35.7 Å². The van der Waals surface area contributed by atoms with Crippen molar-refractivity contribution in [2.45, 2.75) is 29.6 Å². The number of aromatic nitrogens is 2. The van der Waals surface area contributed by atoms with Gasteiger partial charge in [-0.05, 0) is 41.7 Å². The second kappa shape index (κ2) is 7.10. The maximum atomic E-state index is 14.0. The van der Waals surface area contributed by atoms with E-state index in [2.05, 4.69) is 28.5 Å².